The summed E-state index contributed by atoms with van der Waals surface area (Å²) in [4.78, 5) is 13.0. The average Bonchev–Trinajstić information content (AvgIpc) is 2.32. The van der Waals surface area contributed by atoms with Gasteiger partial charge in [0.15, 0.2) is 11.6 Å². The van der Waals surface area contributed by atoms with Crippen molar-refractivity contribution >= 4 is 11.6 Å². The standard InChI is InChI=1S/C11H11F2NO2/c1-6-5-16-10-8(13)3-7(12)4-9(10)14(2)11(6)15/h3-4,6H,5H2,1-2H3. The molecule has 1 heterocycles. The summed E-state index contributed by atoms with van der Waals surface area (Å²) < 4.78 is 31.7. The van der Waals surface area contributed by atoms with Crippen LogP contribution in [0.2, 0.25) is 0 Å². The third-order valence-corrected chi connectivity index (χ3v) is 2.58. The summed E-state index contributed by atoms with van der Waals surface area (Å²) in [5, 5.41) is 0. The normalized spacial score (nSPS) is 20.1. The number of hydrogen-bond donors (Lipinski definition) is 0. The van der Waals surface area contributed by atoms with Crippen molar-refractivity contribution in [2.45, 2.75) is 6.92 Å². The van der Waals surface area contributed by atoms with Crippen molar-refractivity contribution in [3.8, 4) is 5.75 Å². The van der Waals surface area contributed by atoms with Gasteiger partial charge >= 0.3 is 0 Å². The third-order valence-electron chi connectivity index (χ3n) is 2.58. The Bertz CT molecular complexity index is 448. The zero-order chi connectivity index (χ0) is 11.9. The first-order valence-corrected chi connectivity index (χ1v) is 4.90. The Labute approximate surface area is 91.6 Å². The van der Waals surface area contributed by atoms with Crippen LogP contribution in [0.4, 0.5) is 14.5 Å². The minimum atomic E-state index is -0.788. The van der Waals surface area contributed by atoms with E-state index in [9.17, 15) is 13.6 Å². The summed E-state index contributed by atoms with van der Waals surface area (Å²) in [5.74, 6) is -2.18. The largest absolute Gasteiger partial charge is 0.488 e. The average molecular weight is 227 g/mol. The van der Waals surface area contributed by atoms with E-state index in [1.165, 1.54) is 11.9 Å². The lowest BCUT2D eigenvalue weighted by molar-refractivity contribution is -0.122. The number of carbonyl (C=O) groups is 1. The number of ether oxygens (including phenoxy) is 1. The van der Waals surface area contributed by atoms with Crippen LogP contribution in [-0.2, 0) is 4.79 Å². The summed E-state index contributed by atoms with van der Waals surface area (Å²) in [7, 11) is 1.48. The molecule has 16 heavy (non-hydrogen) atoms. The van der Waals surface area contributed by atoms with E-state index in [1.54, 1.807) is 6.92 Å². The van der Waals surface area contributed by atoms with Crippen molar-refractivity contribution in [1.29, 1.82) is 0 Å². The molecular formula is C11H11F2NO2. The number of carbonyl (C=O) groups excluding carboxylic acids is 1. The summed E-state index contributed by atoms with van der Waals surface area (Å²) in [6, 6.07) is 1.83. The van der Waals surface area contributed by atoms with Gasteiger partial charge in [-0.15, -0.1) is 0 Å². The second-order valence-electron chi connectivity index (χ2n) is 3.85. The molecule has 1 aromatic carbocycles. The molecule has 2 rings (SSSR count). The minimum absolute atomic E-state index is 0.0680. The Morgan fingerprint density at radius 1 is 1.44 bits per heavy atom. The highest BCUT2D eigenvalue weighted by molar-refractivity contribution is 5.96. The molecule has 0 aliphatic carbocycles. The zero-order valence-electron chi connectivity index (χ0n) is 8.96. The molecule has 1 unspecified atom stereocenters. The molecule has 0 N–H and O–H groups in total. The number of anilines is 1. The predicted molar refractivity (Wildman–Crippen MR) is 54.4 cm³/mol. The molecule has 3 nitrogen and oxygen atoms in total. The highest BCUT2D eigenvalue weighted by Crippen LogP contribution is 2.34. The van der Waals surface area contributed by atoms with Crippen LogP contribution >= 0.6 is 0 Å². The van der Waals surface area contributed by atoms with Gasteiger partial charge < -0.3 is 9.64 Å². The fraction of sp³-hybridized carbons (Fsp3) is 0.364. The number of amides is 1. The maximum Gasteiger partial charge on any atom is 0.233 e. The maximum absolute atomic E-state index is 13.4. The summed E-state index contributed by atoms with van der Waals surface area (Å²) in [5.41, 5.74) is 0.131. The molecular weight excluding hydrogens is 216 g/mol. The summed E-state index contributed by atoms with van der Waals surface area (Å²) in [6.45, 7) is 1.78. The van der Waals surface area contributed by atoms with Crippen LogP contribution in [0.5, 0.6) is 5.75 Å². The van der Waals surface area contributed by atoms with Crippen LogP contribution in [0.3, 0.4) is 0 Å². The molecule has 1 aliphatic heterocycles. The number of nitrogens with zero attached hydrogens (tertiary/aromatic N) is 1. The molecule has 1 aromatic rings. The first-order valence-electron chi connectivity index (χ1n) is 4.90. The van der Waals surface area contributed by atoms with Gasteiger partial charge in [-0.1, -0.05) is 6.92 Å². The van der Waals surface area contributed by atoms with Crippen LogP contribution < -0.4 is 9.64 Å². The van der Waals surface area contributed by atoms with Crippen molar-refractivity contribution in [1.82, 2.24) is 0 Å². The second-order valence-corrected chi connectivity index (χ2v) is 3.85. The van der Waals surface area contributed by atoms with Crippen LogP contribution in [0, 0.1) is 17.6 Å². The van der Waals surface area contributed by atoms with Crippen LogP contribution in [-0.4, -0.2) is 19.6 Å². The summed E-state index contributed by atoms with van der Waals surface area (Å²) in [6.07, 6.45) is 0. The summed E-state index contributed by atoms with van der Waals surface area (Å²) >= 11 is 0. The van der Waals surface area contributed by atoms with Gasteiger partial charge in [-0.05, 0) is 0 Å². The third kappa shape index (κ3) is 1.62. The molecule has 0 saturated carbocycles. The number of halogens is 2. The van der Waals surface area contributed by atoms with Crippen LogP contribution in [0.25, 0.3) is 0 Å². The molecule has 5 heteroatoms. The van der Waals surface area contributed by atoms with Crippen molar-refractivity contribution in [3.63, 3.8) is 0 Å². The molecule has 86 valence electrons. The second kappa shape index (κ2) is 3.73. The first kappa shape index (κ1) is 10.9. The van der Waals surface area contributed by atoms with Gasteiger partial charge in [0.2, 0.25) is 5.91 Å². The smallest absolute Gasteiger partial charge is 0.233 e. The van der Waals surface area contributed by atoms with E-state index in [0.29, 0.717) is 0 Å². The van der Waals surface area contributed by atoms with Gasteiger partial charge in [0, 0.05) is 19.2 Å². The quantitative estimate of drug-likeness (QED) is 0.678. The molecule has 0 radical (unpaired) electrons. The number of benzene rings is 1. The Kier molecular flexibility index (Phi) is 2.53. The maximum atomic E-state index is 13.4. The molecule has 0 fully saturated rings. The van der Waals surface area contributed by atoms with Crippen molar-refractivity contribution in [2.24, 2.45) is 5.92 Å². The number of rotatable bonds is 0. The van der Waals surface area contributed by atoms with Crippen molar-refractivity contribution in [3.05, 3.63) is 23.8 Å². The molecule has 0 bridgehead atoms. The van der Waals surface area contributed by atoms with Gasteiger partial charge in [-0.25, -0.2) is 8.78 Å². The van der Waals surface area contributed by atoms with Gasteiger partial charge in [-0.3, -0.25) is 4.79 Å². The molecule has 1 aliphatic rings. The van der Waals surface area contributed by atoms with E-state index >= 15 is 0 Å². The molecule has 1 atom stereocenters. The van der Waals surface area contributed by atoms with Gasteiger partial charge in [0.25, 0.3) is 0 Å². The van der Waals surface area contributed by atoms with E-state index in [1.807, 2.05) is 0 Å². The lowest BCUT2D eigenvalue weighted by Crippen LogP contribution is -2.31. The Morgan fingerprint density at radius 2 is 2.12 bits per heavy atom. The van der Waals surface area contributed by atoms with E-state index in [2.05, 4.69) is 0 Å². The Morgan fingerprint density at radius 3 is 2.81 bits per heavy atom. The molecule has 0 saturated heterocycles. The van der Waals surface area contributed by atoms with Crippen molar-refractivity contribution < 1.29 is 18.3 Å². The first-order chi connectivity index (χ1) is 7.50. The lowest BCUT2D eigenvalue weighted by atomic mass is 10.1. The Balaban J connectivity index is 2.57. The number of hydrogen-bond acceptors (Lipinski definition) is 2. The predicted octanol–water partition coefficient (Wildman–Crippen LogP) is 1.96. The Hall–Kier alpha value is -1.65. The highest BCUT2D eigenvalue weighted by Gasteiger charge is 2.28. The molecule has 0 spiro atoms. The van der Waals surface area contributed by atoms with Crippen LogP contribution in [0.1, 0.15) is 6.92 Å². The number of fused-ring (bicyclic) bond motifs is 1. The minimum Gasteiger partial charge on any atom is -0.488 e. The topological polar surface area (TPSA) is 29.5 Å². The molecule has 0 aromatic heterocycles. The van der Waals surface area contributed by atoms with Crippen LogP contribution in [0.15, 0.2) is 12.1 Å². The fourth-order valence-corrected chi connectivity index (χ4v) is 1.67. The van der Waals surface area contributed by atoms with Gasteiger partial charge in [-0.2, -0.15) is 0 Å². The van der Waals surface area contributed by atoms with E-state index in [4.69, 9.17) is 4.74 Å². The van der Waals surface area contributed by atoms with E-state index < -0.39 is 11.6 Å². The highest BCUT2D eigenvalue weighted by atomic mass is 19.1. The monoisotopic (exact) mass is 227 g/mol. The lowest BCUT2D eigenvalue weighted by Gasteiger charge is -2.17. The molecule has 1 amide bonds. The SMILES string of the molecule is CC1COc2c(F)cc(F)cc2N(C)C1=O. The van der Waals surface area contributed by atoms with Gasteiger partial charge in [0.1, 0.15) is 5.82 Å². The van der Waals surface area contributed by atoms with Gasteiger partial charge in [0.05, 0.1) is 18.2 Å². The van der Waals surface area contributed by atoms with E-state index in [0.717, 1.165) is 12.1 Å². The van der Waals surface area contributed by atoms with E-state index in [-0.39, 0.29) is 29.9 Å². The van der Waals surface area contributed by atoms with Crippen molar-refractivity contribution in [2.75, 3.05) is 18.6 Å². The fourth-order valence-electron chi connectivity index (χ4n) is 1.67. The zero-order valence-corrected chi connectivity index (χ0v) is 8.96.